The molecule has 240 valence electrons. The molecule has 0 aliphatic rings. The summed E-state index contributed by atoms with van der Waals surface area (Å²) in [5.41, 5.74) is 30.5. The first-order valence-corrected chi connectivity index (χ1v) is 12.4. The zero-order valence-corrected chi connectivity index (χ0v) is 24.0. The van der Waals surface area contributed by atoms with Gasteiger partial charge in [0.05, 0.1) is 6.61 Å². The molecule has 0 bridgehead atoms. The predicted octanol–water partition coefficient (Wildman–Crippen LogP) is -2.17. The first kappa shape index (κ1) is 46.9. The molecule has 0 fully saturated rings. The van der Waals surface area contributed by atoms with Crippen LogP contribution in [0.5, 0.6) is 0 Å². The van der Waals surface area contributed by atoms with E-state index in [1.165, 1.54) is 6.92 Å². The molecule has 0 amide bonds. The lowest BCUT2D eigenvalue weighted by Gasteiger charge is -2.11. The number of carboxylic acids is 5. The minimum atomic E-state index is -1.18. The molecule has 0 radical (unpaired) electrons. The lowest BCUT2D eigenvalue weighted by Crippen LogP contribution is -2.36. The first-order chi connectivity index (χ1) is 18.1. The maximum Gasteiger partial charge on any atom is 0.322 e. The number of nitrogens with two attached hydrogens (primary N) is 6. The number of hydrogen-bond acceptors (Lipinski definition) is 12. The van der Waals surface area contributed by atoms with Gasteiger partial charge < -0.3 is 65.0 Å². The van der Waals surface area contributed by atoms with E-state index in [0.717, 1.165) is 19.3 Å². The van der Waals surface area contributed by atoms with Crippen molar-refractivity contribution >= 4 is 29.8 Å². The van der Waals surface area contributed by atoms with Gasteiger partial charge in [-0.1, -0.05) is 40.5 Å². The second kappa shape index (κ2) is 29.1. The van der Waals surface area contributed by atoms with Crippen molar-refractivity contribution in [1.82, 2.24) is 0 Å². The molecule has 0 spiro atoms. The highest BCUT2D eigenvalue weighted by Crippen LogP contribution is 2.04. The highest BCUT2D eigenvalue weighted by Gasteiger charge is 2.17. The van der Waals surface area contributed by atoms with Crippen molar-refractivity contribution in [3.8, 4) is 0 Å². The Morgan fingerprint density at radius 2 is 1.00 bits per heavy atom. The molecule has 17 heteroatoms. The predicted molar refractivity (Wildman–Crippen MR) is 148 cm³/mol. The standard InChI is InChI=1S/C6H14N2O2.C6H13NO2.C5H11NO2.C3H7NO3.C3H7NO2/c7-4-2-1-3-5(8)6(9)10;1-3-4(2)5(7)6(8)9;1-3(2)4(6)5(7)8;4-2(1-5)3(6)7;1-2(4)3(5)6/h5H,1-4,7-8H2,(H,9,10);4-5H,3,7H2,1-2H3,(H,8,9);3-4H,6H2,1-2H3,(H,7,8);2,5H,1,4H2,(H,6,7);2H,4H2,1H3,(H,5,6)/t5-;4-,5-;4-;2*2-/m00000/s1. The van der Waals surface area contributed by atoms with Gasteiger partial charge in [-0.15, -0.1) is 0 Å². The number of unbranched alkanes of at least 4 members (excludes halogenated alkanes) is 1. The monoisotopic (exact) mass is 588 g/mol. The smallest absolute Gasteiger partial charge is 0.322 e. The quantitative estimate of drug-likeness (QED) is 0.102. The van der Waals surface area contributed by atoms with Crippen molar-refractivity contribution in [1.29, 1.82) is 0 Å². The number of rotatable bonds is 13. The topological polar surface area (TPSA) is 363 Å². The maximum atomic E-state index is 10.2. The maximum absolute atomic E-state index is 10.2. The van der Waals surface area contributed by atoms with E-state index in [9.17, 15) is 24.0 Å². The van der Waals surface area contributed by atoms with Crippen LogP contribution in [0.3, 0.4) is 0 Å². The van der Waals surface area contributed by atoms with Crippen LogP contribution in [0, 0.1) is 11.8 Å². The van der Waals surface area contributed by atoms with Gasteiger partial charge in [-0.25, -0.2) is 0 Å². The minimum Gasteiger partial charge on any atom is -0.480 e. The van der Waals surface area contributed by atoms with Crippen molar-refractivity contribution < 1.29 is 54.6 Å². The van der Waals surface area contributed by atoms with E-state index in [1.807, 2.05) is 13.8 Å². The third-order valence-corrected chi connectivity index (χ3v) is 4.74. The number of carbonyl (C=O) groups is 5. The molecule has 0 heterocycles. The Kier molecular flexibility index (Phi) is 34.1. The second-order valence-corrected chi connectivity index (χ2v) is 8.84. The van der Waals surface area contributed by atoms with Gasteiger partial charge in [0, 0.05) is 0 Å². The summed E-state index contributed by atoms with van der Waals surface area (Å²) in [5.74, 6) is -4.83. The molecule has 0 aromatic rings. The fourth-order valence-electron chi connectivity index (χ4n) is 1.49. The van der Waals surface area contributed by atoms with E-state index in [-0.39, 0.29) is 11.8 Å². The van der Waals surface area contributed by atoms with Crippen LogP contribution < -0.4 is 34.4 Å². The van der Waals surface area contributed by atoms with Gasteiger partial charge in [0.25, 0.3) is 0 Å². The van der Waals surface area contributed by atoms with Gasteiger partial charge in [-0.2, -0.15) is 0 Å². The molecular weight excluding hydrogens is 536 g/mol. The lowest BCUT2D eigenvalue weighted by molar-refractivity contribution is -0.140. The molecule has 6 atom stereocenters. The van der Waals surface area contributed by atoms with E-state index >= 15 is 0 Å². The first-order valence-electron chi connectivity index (χ1n) is 12.4. The summed E-state index contributed by atoms with van der Waals surface area (Å²) >= 11 is 0. The van der Waals surface area contributed by atoms with Crippen molar-refractivity contribution in [2.24, 2.45) is 46.2 Å². The third-order valence-electron chi connectivity index (χ3n) is 4.74. The summed E-state index contributed by atoms with van der Waals surface area (Å²) in [6.45, 7) is 8.83. The van der Waals surface area contributed by atoms with Gasteiger partial charge in [-0.3, -0.25) is 24.0 Å². The number of hydrogen-bond donors (Lipinski definition) is 12. The Morgan fingerprint density at radius 3 is 1.12 bits per heavy atom. The summed E-state index contributed by atoms with van der Waals surface area (Å²) < 4.78 is 0. The molecule has 0 aromatic carbocycles. The Labute approximate surface area is 234 Å². The zero-order chi connectivity index (χ0) is 33.2. The van der Waals surface area contributed by atoms with Gasteiger partial charge in [0.15, 0.2) is 0 Å². The van der Waals surface area contributed by atoms with Crippen LogP contribution in [0.15, 0.2) is 0 Å². The van der Waals surface area contributed by atoms with Gasteiger partial charge >= 0.3 is 29.8 Å². The molecule has 17 nitrogen and oxygen atoms in total. The Morgan fingerprint density at radius 1 is 0.625 bits per heavy atom. The van der Waals surface area contributed by atoms with Gasteiger partial charge in [0.2, 0.25) is 0 Å². The Bertz CT molecular complexity index is 696. The minimum absolute atomic E-state index is 0.0208. The van der Waals surface area contributed by atoms with Crippen molar-refractivity contribution in [3.05, 3.63) is 0 Å². The van der Waals surface area contributed by atoms with Crippen molar-refractivity contribution in [3.63, 3.8) is 0 Å². The van der Waals surface area contributed by atoms with Crippen LogP contribution in [-0.2, 0) is 24.0 Å². The fraction of sp³-hybridized carbons (Fsp3) is 0.783. The largest absolute Gasteiger partial charge is 0.480 e. The SMILES string of the molecule is CC(C)[C@H](N)C(=O)O.CC[C@H](C)[C@H](N)C(=O)O.C[C@H](N)C(=O)O.NCCCC[C@H](N)C(=O)O.N[C@@H](CO)C(=O)O. The zero-order valence-electron chi connectivity index (χ0n) is 24.0. The van der Waals surface area contributed by atoms with Gasteiger partial charge in [0.1, 0.15) is 30.2 Å². The molecular formula is C23H52N6O11. The number of aliphatic carboxylic acids is 5. The van der Waals surface area contributed by atoms with Crippen molar-refractivity contribution in [2.45, 2.75) is 90.5 Å². The van der Waals surface area contributed by atoms with Crippen LogP contribution in [0.2, 0.25) is 0 Å². The molecule has 0 rings (SSSR count). The van der Waals surface area contributed by atoms with E-state index in [4.69, 9.17) is 65.0 Å². The highest BCUT2D eigenvalue weighted by atomic mass is 16.4. The summed E-state index contributed by atoms with van der Waals surface area (Å²) in [6, 6.07) is -3.98. The average molecular weight is 589 g/mol. The number of carboxylic acid groups (broad SMARTS) is 5. The van der Waals surface area contributed by atoms with Crippen LogP contribution >= 0.6 is 0 Å². The van der Waals surface area contributed by atoms with E-state index in [1.54, 1.807) is 13.8 Å². The van der Waals surface area contributed by atoms with Crippen LogP contribution in [-0.4, -0.2) is 104 Å². The molecule has 0 saturated carbocycles. The molecule has 18 N–H and O–H groups in total. The molecule has 0 saturated heterocycles. The summed E-state index contributed by atoms with van der Waals surface area (Å²) in [6.07, 6.45) is 2.98. The molecule has 0 unspecified atom stereocenters. The lowest BCUT2D eigenvalue weighted by atomic mass is 10.0. The second-order valence-electron chi connectivity index (χ2n) is 8.84. The van der Waals surface area contributed by atoms with Crippen LogP contribution in [0.1, 0.15) is 60.3 Å². The number of aliphatic hydroxyl groups excluding tert-OH is 1. The summed E-state index contributed by atoms with van der Waals surface area (Å²) in [7, 11) is 0. The van der Waals surface area contributed by atoms with Crippen molar-refractivity contribution in [2.75, 3.05) is 13.2 Å². The van der Waals surface area contributed by atoms with E-state index in [0.29, 0.717) is 13.0 Å². The normalized spacial score (nSPS) is 14.2. The average Bonchev–Trinajstić information content (AvgIpc) is 2.87. The Hall–Kier alpha value is -2.93. The van der Waals surface area contributed by atoms with E-state index in [2.05, 4.69) is 0 Å². The Balaban J connectivity index is -0.000000129. The van der Waals surface area contributed by atoms with Crippen LogP contribution in [0.25, 0.3) is 0 Å². The molecule has 40 heavy (non-hydrogen) atoms. The molecule has 0 aliphatic carbocycles. The summed E-state index contributed by atoms with van der Waals surface area (Å²) in [5, 5.41) is 48.7. The molecule has 0 aromatic heterocycles. The van der Waals surface area contributed by atoms with Crippen LogP contribution in [0.4, 0.5) is 0 Å². The third kappa shape index (κ3) is 35.1. The van der Waals surface area contributed by atoms with Gasteiger partial charge in [-0.05, 0) is 38.1 Å². The fourth-order valence-corrected chi connectivity index (χ4v) is 1.49. The summed E-state index contributed by atoms with van der Waals surface area (Å²) in [4.78, 5) is 49.5. The highest BCUT2D eigenvalue weighted by molar-refractivity contribution is 5.74. The van der Waals surface area contributed by atoms with E-state index < -0.39 is 66.7 Å². The molecule has 0 aliphatic heterocycles. The number of aliphatic hydroxyl groups is 1.